The van der Waals surface area contributed by atoms with Gasteiger partial charge in [-0.3, -0.25) is 0 Å². The number of ether oxygens (including phenoxy) is 4. The van der Waals surface area contributed by atoms with Crippen molar-refractivity contribution < 1.29 is 24.1 Å². The smallest absolute Gasteiger partial charge is 0.104 e. The number of aliphatic hydroxyl groups is 1. The van der Waals surface area contributed by atoms with Crippen molar-refractivity contribution in [3.63, 3.8) is 0 Å². The molecule has 1 N–H and O–H groups in total. The molecule has 2 bridgehead atoms. The van der Waals surface area contributed by atoms with Crippen LogP contribution in [0, 0.1) is 11.8 Å². The topological polar surface area (TPSA) is 60.5 Å². The summed E-state index contributed by atoms with van der Waals surface area (Å²) in [6.45, 7) is 3.70. The fourth-order valence-corrected chi connectivity index (χ4v) is 2.79. The van der Waals surface area contributed by atoms with E-state index in [1.54, 1.807) is 0 Å². The van der Waals surface area contributed by atoms with E-state index in [9.17, 15) is 0 Å². The van der Waals surface area contributed by atoms with Gasteiger partial charge in [-0.15, -0.1) is 0 Å². The first-order valence-electron chi connectivity index (χ1n) is 7.10. The van der Waals surface area contributed by atoms with Crippen molar-refractivity contribution >= 4 is 0 Å². The van der Waals surface area contributed by atoms with Gasteiger partial charge in [0.25, 0.3) is 0 Å². The third kappa shape index (κ3) is 3.35. The third-order valence-electron chi connectivity index (χ3n) is 3.97. The lowest BCUT2D eigenvalue weighted by molar-refractivity contribution is 0.0321. The summed E-state index contributed by atoms with van der Waals surface area (Å²) in [5, 5.41) is 8.74. The van der Waals surface area contributed by atoms with E-state index < -0.39 is 0 Å². The molecule has 0 aliphatic carbocycles. The molecule has 0 aromatic carbocycles. The molecule has 3 aliphatic rings. The number of hydrogen-bond acceptors (Lipinski definition) is 5. The van der Waals surface area contributed by atoms with Crippen LogP contribution in [-0.2, 0) is 18.9 Å². The van der Waals surface area contributed by atoms with Crippen molar-refractivity contribution in [2.45, 2.75) is 24.7 Å². The van der Waals surface area contributed by atoms with E-state index in [1.165, 1.54) is 0 Å². The molecule has 19 heavy (non-hydrogen) atoms. The molecule has 0 amide bonds. The zero-order valence-corrected chi connectivity index (χ0v) is 11.1. The van der Waals surface area contributed by atoms with Crippen molar-refractivity contribution in [2.24, 2.45) is 11.8 Å². The first-order chi connectivity index (χ1) is 9.38. The Balaban J connectivity index is 1.43. The van der Waals surface area contributed by atoms with Crippen LogP contribution in [-0.4, -0.2) is 63.1 Å². The maximum atomic E-state index is 8.74. The van der Waals surface area contributed by atoms with Gasteiger partial charge < -0.3 is 24.1 Å². The second-order valence-electron chi connectivity index (χ2n) is 5.42. The van der Waals surface area contributed by atoms with Gasteiger partial charge in [-0.2, -0.15) is 0 Å². The van der Waals surface area contributed by atoms with E-state index in [4.69, 9.17) is 24.1 Å². The van der Waals surface area contributed by atoms with Crippen LogP contribution in [0.25, 0.3) is 0 Å². The maximum absolute atomic E-state index is 8.74. The molecule has 5 heteroatoms. The van der Waals surface area contributed by atoms with Crippen molar-refractivity contribution in [3.8, 4) is 0 Å². The number of fused-ring (bicyclic) bond motifs is 2. The second-order valence-corrected chi connectivity index (χ2v) is 5.42. The monoisotopic (exact) mass is 270 g/mol. The van der Waals surface area contributed by atoms with Crippen LogP contribution in [0.5, 0.6) is 0 Å². The molecule has 5 unspecified atom stereocenters. The molecule has 0 aromatic heterocycles. The number of epoxide rings is 1. The first-order valence-corrected chi connectivity index (χ1v) is 7.10. The molecular formula is C14H22O5. The fraction of sp³-hybridized carbons (Fsp3) is 0.857. The van der Waals surface area contributed by atoms with Crippen LogP contribution in [0.3, 0.4) is 0 Å². The molecule has 0 spiro atoms. The standard InChI is InChI=1S/C14H22O5/c15-4-1-5-16-8-11-12(9-17-6-10-7-18-10)14-3-2-13(11)19-14/h2-3,10-15H,1,4-9H2. The normalized spacial score (nSPS) is 39.1. The second kappa shape index (κ2) is 6.33. The van der Waals surface area contributed by atoms with E-state index in [2.05, 4.69) is 12.2 Å². The maximum Gasteiger partial charge on any atom is 0.104 e. The van der Waals surface area contributed by atoms with Crippen LogP contribution < -0.4 is 0 Å². The molecular weight excluding hydrogens is 248 g/mol. The van der Waals surface area contributed by atoms with Crippen molar-refractivity contribution in [1.29, 1.82) is 0 Å². The number of aliphatic hydroxyl groups excluding tert-OH is 1. The minimum Gasteiger partial charge on any atom is -0.396 e. The zero-order valence-electron chi connectivity index (χ0n) is 11.1. The van der Waals surface area contributed by atoms with E-state index >= 15 is 0 Å². The summed E-state index contributed by atoms with van der Waals surface area (Å²) in [7, 11) is 0. The molecule has 3 rings (SSSR count). The van der Waals surface area contributed by atoms with Crippen LogP contribution in [0.1, 0.15) is 6.42 Å². The Morgan fingerprint density at radius 1 is 1.05 bits per heavy atom. The highest BCUT2D eigenvalue weighted by molar-refractivity contribution is 5.14. The van der Waals surface area contributed by atoms with E-state index in [-0.39, 0.29) is 18.8 Å². The molecule has 5 atom stereocenters. The SMILES string of the molecule is OCCCOCC1C2C=CC(O2)C1COCC1CO1. The Morgan fingerprint density at radius 2 is 1.74 bits per heavy atom. The Labute approximate surface area is 113 Å². The van der Waals surface area contributed by atoms with Gasteiger partial charge in [0, 0.05) is 25.0 Å². The molecule has 0 aromatic rings. The Bertz CT molecular complexity index is 315. The van der Waals surface area contributed by atoms with Crippen LogP contribution in [0.15, 0.2) is 12.2 Å². The molecule has 2 fully saturated rings. The van der Waals surface area contributed by atoms with Gasteiger partial charge in [-0.1, -0.05) is 12.2 Å². The summed E-state index contributed by atoms with van der Waals surface area (Å²) in [5.74, 6) is 0.747. The lowest BCUT2D eigenvalue weighted by atomic mass is 9.84. The molecule has 3 aliphatic heterocycles. The van der Waals surface area contributed by atoms with Gasteiger partial charge in [0.15, 0.2) is 0 Å². The Hall–Kier alpha value is -0.460. The Kier molecular flexibility index (Phi) is 4.50. The average molecular weight is 270 g/mol. The predicted octanol–water partition coefficient (Wildman–Crippen LogP) is 0.370. The minimum absolute atomic E-state index is 0.171. The van der Waals surface area contributed by atoms with Gasteiger partial charge >= 0.3 is 0 Å². The highest BCUT2D eigenvalue weighted by Gasteiger charge is 2.45. The summed E-state index contributed by atoms with van der Waals surface area (Å²) in [6.07, 6.45) is 5.62. The molecule has 5 nitrogen and oxygen atoms in total. The summed E-state index contributed by atoms with van der Waals surface area (Å²) < 4.78 is 22.4. The van der Waals surface area contributed by atoms with Gasteiger partial charge in [0.1, 0.15) is 6.10 Å². The van der Waals surface area contributed by atoms with Gasteiger partial charge in [-0.25, -0.2) is 0 Å². The van der Waals surface area contributed by atoms with Crippen molar-refractivity contribution in [1.82, 2.24) is 0 Å². The highest BCUT2D eigenvalue weighted by Crippen LogP contribution is 2.39. The molecule has 3 heterocycles. The van der Waals surface area contributed by atoms with Crippen molar-refractivity contribution in [2.75, 3.05) is 39.6 Å². The quantitative estimate of drug-likeness (QED) is 0.373. The zero-order chi connectivity index (χ0) is 13.1. The lowest BCUT2D eigenvalue weighted by Crippen LogP contribution is -2.32. The fourth-order valence-electron chi connectivity index (χ4n) is 2.79. The lowest BCUT2D eigenvalue weighted by Gasteiger charge is -2.24. The highest BCUT2D eigenvalue weighted by atomic mass is 16.6. The summed E-state index contributed by atoms with van der Waals surface area (Å²) >= 11 is 0. The van der Waals surface area contributed by atoms with E-state index in [0.29, 0.717) is 50.8 Å². The van der Waals surface area contributed by atoms with E-state index in [0.717, 1.165) is 6.61 Å². The van der Waals surface area contributed by atoms with Crippen LogP contribution in [0.2, 0.25) is 0 Å². The molecule has 2 saturated heterocycles. The van der Waals surface area contributed by atoms with Crippen LogP contribution in [0.4, 0.5) is 0 Å². The average Bonchev–Trinajstić information content (AvgIpc) is 3.03. The summed E-state index contributed by atoms with van der Waals surface area (Å²) in [4.78, 5) is 0. The summed E-state index contributed by atoms with van der Waals surface area (Å²) in [5.41, 5.74) is 0. The molecule has 0 radical (unpaired) electrons. The third-order valence-corrected chi connectivity index (χ3v) is 3.97. The minimum atomic E-state index is 0.171. The predicted molar refractivity (Wildman–Crippen MR) is 67.9 cm³/mol. The van der Waals surface area contributed by atoms with E-state index in [1.807, 2.05) is 0 Å². The van der Waals surface area contributed by atoms with Gasteiger partial charge in [-0.05, 0) is 6.42 Å². The number of rotatable bonds is 9. The van der Waals surface area contributed by atoms with Gasteiger partial charge in [0.05, 0.1) is 38.6 Å². The largest absolute Gasteiger partial charge is 0.396 e. The Morgan fingerprint density at radius 3 is 2.37 bits per heavy atom. The summed E-state index contributed by atoms with van der Waals surface area (Å²) in [6, 6.07) is 0. The van der Waals surface area contributed by atoms with Crippen molar-refractivity contribution in [3.05, 3.63) is 12.2 Å². The van der Waals surface area contributed by atoms with Gasteiger partial charge in [0.2, 0.25) is 0 Å². The molecule has 108 valence electrons. The molecule has 0 saturated carbocycles. The first kappa shape index (κ1) is 13.5. The number of hydrogen-bond donors (Lipinski definition) is 1. The van der Waals surface area contributed by atoms with Crippen LogP contribution >= 0.6 is 0 Å².